The summed E-state index contributed by atoms with van der Waals surface area (Å²) in [5.74, 6) is 0.564. The number of thiophene rings is 1. The third kappa shape index (κ3) is 3.99. The van der Waals surface area contributed by atoms with Crippen LogP contribution >= 0.6 is 22.9 Å². The summed E-state index contributed by atoms with van der Waals surface area (Å²) < 4.78 is 0. The summed E-state index contributed by atoms with van der Waals surface area (Å²) in [5.41, 5.74) is 3.79. The van der Waals surface area contributed by atoms with Gasteiger partial charge in [0.05, 0.1) is 5.56 Å². The third-order valence-electron chi connectivity index (χ3n) is 4.14. The zero-order valence-corrected chi connectivity index (χ0v) is 15.8. The van der Waals surface area contributed by atoms with Gasteiger partial charge < -0.3 is 10.3 Å². The van der Waals surface area contributed by atoms with Gasteiger partial charge in [-0.15, -0.1) is 0 Å². The molecule has 0 bridgehead atoms. The fourth-order valence-electron chi connectivity index (χ4n) is 2.77. The zero-order chi connectivity index (χ0) is 18.6. The lowest BCUT2D eigenvalue weighted by Crippen LogP contribution is -2.25. The molecule has 4 aromatic heterocycles. The van der Waals surface area contributed by atoms with Gasteiger partial charge in [-0.25, -0.2) is 15.0 Å². The van der Waals surface area contributed by atoms with Crippen molar-refractivity contribution in [2.75, 3.05) is 6.54 Å². The molecular formula is C19H16ClN5OS. The van der Waals surface area contributed by atoms with Crippen molar-refractivity contribution in [3.05, 3.63) is 63.7 Å². The summed E-state index contributed by atoms with van der Waals surface area (Å²) >= 11 is 7.38. The van der Waals surface area contributed by atoms with Gasteiger partial charge in [-0.05, 0) is 42.0 Å². The van der Waals surface area contributed by atoms with E-state index in [1.165, 1.54) is 0 Å². The number of rotatable bonds is 6. The predicted octanol–water partition coefficient (Wildman–Crippen LogP) is 4.10. The lowest BCUT2D eigenvalue weighted by Gasteiger charge is -2.06. The molecule has 0 aliphatic carbocycles. The molecule has 0 spiro atoms. The molecule has 6 nitrogen and oxygen atoms in total. The minimum atomic E-state index is -0.153. The SMILES string of the molecule is O=C(NCCCc1ccc(Cl)nc1)c1ccnc2[nH]c(-c3ccsc3)nc12. The number of fused-ring (bicyclic) bond motifs is 1. The normalized spacial score (nSPS) is 11.0. The Morgan fingerprint density at radius 1 is 1.22 bits per heavy atom. The minimum absolute atomic E-state index is 0.153. The molecule has 0 unspecified atom stereocenters. The maximum absolute atomic E-state index is 12.6. The molecule has 0 fully saturated rings. The molecule has 27 heavy (non-hydrogen) atoms. The van der Waals surface area contributed by atoms with Crippen LogP contribution in [0.3, 0.4) is 0 Å². The highest BCUT2D eigenvalue weighted by Gasteiger charge is 2.15. The number of halogens is 1. The van der Waals surface area contributed by atoms with E-state index in [9.17, 15) is 4.79 Å². The Bertz CT molecular complexity index is 1060. The van der Waals surface area contributed by atoms with Gasteiger partial charge in [-0.2, -0.15) is 11.3 Å². The maximum atomic E-state index is 12.6. The van der Waals surface area contributed by atoms with Gasteiger partial charge in [0.25, 0.3) is 5.91 Å². The summed E-state index contributed by atoms with van der Waals surface area (Å²) in [6.07, 6.45) is 5.00. The number of hydrogen-bond donors (Lipinski definition) is 2. The first kappa shape index (κ1) is 17.6. The van der Waals surface area contributed by atoms with Crippen molar-refractivity contribution >= 4 is 40.0 Å². The van der Waals surface area contributed by atoms with Gasteiger partial charge in [0, 0.05) is 29.9 Å². The van der Waals surface area contributed by atoms with Crippen LogP contribution in [0.4, 0.5) is 0 Å². The Balaban J connectivity index is 1.42. The number of aromatic amines is 1. The number of amides is 1. The van der Waals surface area contributed by atoms with E-state index < -0.39 is 0 Å². The van der Waals surface area contributed by atoms with E-state index >= 15 is 0 Å². The van der Waals surface area contributed by atoms with Crippen LogP contribution in [0.2, 0.25) is 5.15 Å². The highest BCUT2D eigenvalue weighted by atomic mass is 35.5. The zero-order valence-electron chi connectivity index (χ0n) is 14.3. The fourth-order valence-corrected chi connectivity index (χ4v) is 3.53. The largest absolute Gasteiger partial charge is 0.352 e. The van der Waals surface area contributed by atoms with Gasteiger partial charge in [0.15, 0.2) is 5.65 Å². The first-order valence-corrected chi connectivity index (χ1v) is 9.79. The van der Waals surface area contributed by atoms with Gasteiger partial charge in [-0.3, -0.25) is 4.79 Å². The lowest BCUT2D eigenvalue weighted by molar-refractivity contribution is 0.0954. The third-order valence-corrected chi connectivity index (χ3v) is 5.05. The number of H-pyrrole nitrogens is 1. The van der Waals surface area contributed by atoms with Crippen molar-refractivity contribution in [1.82, 2.24) is 25.3 Å². The average Bonchev–Trinajstić information content (AvgIpc) is 3.35. The molecule has 4 rings (SSSR count). The van der Waals surface area contributed by atoms with Crippen LogP contribution in [0.15, 0.2) is 47.4 Å². The molecule has 0 radical (unpaired) electrons. The van der Waals surface area contributed by atoms with Crippen LogP contribution in [-0.4, -0.2) is 32.4 Å². The van der Waals surface area contributed by atoms with Crippen molar-refractivity contribution in [3.63, 3.8) is 0 Å². The first-order valence-electron chi connectivity index (χ1n) is 8.46. The molecule has 8 heteroatoms. The van der Waals surface area contributed by atoms with Crippen LogP contribution < -0.4 is 5.32 Å². The molecule has 0 aromatic carbocycles. The molecule has 2 N–H and O–H groups in total. The van der Waals surface area contributed by atoms with Gasteiger partial charge in [-0.1, -0.05) is 17.7 Å². The number of pyridine rings is 2. The molecular weight excluding hydrogens is 382 g/mol. The molecule has 0 aliphatic heterocycles. The molecule has 4 aromatic rings. The quantitative estimate of drug-likeness (QED) is 0.379. The molecule has 1 amide bonds. The van der Waals surface area contributed by atoms with Crippen LogP contribution in [0, 0.1) is 0 Å². The van der Waals surface area contributed by atoms with Gasteiger partial charge in [0.1, 0.15) is 16.5 Å². The highest BCUT2D eigenvalue weighted by molar-refractivity contribution is 7.08. The highest BCUT2D eigenvalue weighted by Crippen LogP contribution is 2.23. The monoisotopic (exact) mass is 397 g/mol. The standard InChI is InChI=1S/C19H16ClN5OS/c20-15-4-3-12(10-23-15)2-1-7-22-19(26)14-5-8-21-18-16(14)24-17(25-18)13-6-9-27-11-13/h3-6,8-11H,1-2,7H2,(H,22,26)(H,21,24,25). The van der Waals surface area contributed by atoms with Gasteiger partial charge >= 0.3 is 0 Å². The van der Waals surface area contributed by atoms with Crippen molar-refractivity contribution in [3.8, 4) is 11.4 Å². The molecule has 0 aliphatic rings. The molecule has 4 heterocycles. The van der Waals surface area contributed by atoms with E-state index in [4.69, 9.17) is 11.6 Å². The summed E-state index contributed by atoms with van der Waals surface area (Å²) in [6.45, 7) is 0.563. The fraction of sp³-hybridized carbons (Fsp3) is 0.158. The molecule has 0 saturated carbocycles. The Morgan fingerprint density at radius 2 is 2.15 bits per heavy atom. The molecule has 0 saturated heterocycles. The number of carbonyl (C=O) groups is 1. The topological polar surface area (TPSA) is 83.6 Å². The number of imidazole rings is 1. The Labute approximate surface area is 164 Å². The molecule has 0 atom stereocenters. The summed E-state index contributed by atoms with van der Waals surface area (Å²) in [6, 6.07) is 7.39. The van der Waals surface area contributed by atoms with Crippen LogP contribution in [-0.2, 0) is 6.42 Å². The Morgan fingerprint density at radius 3 is 2.93 bits per heavy atom. The molecule has 136 valence electrons. The van der Waals surface area contributed by atoms with E-state index in [1.54, 1.807) is 35.9 Å². The van der Waals surface area contributed by atoms with Crippen LogP contribution in [0.5, 0.6) is 0 Å². The van der Waals surface area contributed by atoms with E-state index in [-0.39, 0.29) is 5.91 Å². The second-order valence-electron chi connectivity index (χ2n) is 6.00. The number of aromatic nitrogens is 4. The summed E-state index contributed by atoms with van der Waals surface area (Å²) in [4.78, 5) is 28.7. The van der Waals surface area contributed by atoms with Crippen molar-refractivity contribution < 1.29 is 4.79 Å². The second kappa shape index (κ2) is 7.85. The number of nitrogens with zero attached hydrogens (tertiary/aromatic N) is 3. The summed E-state index contributed by atoms with van der Waals surface area (Å²) in [5, 5.41) is 7.42. The first-order chi connectivity index (χ1) is 13.2. The Hall–Kier alpha value is -2.77. The lowest BCUT2D eigenvalue weighted by atomic mass is 10.1. The van der Waals surface area contributed by atoms with E-state index in [2.05, 4.69) is 25.3 Å². The number of nitrogens with one attached hydrogen (secondary N) is 2. The van der Waals surface area contributed by atoms with Gasteiger partial charge in [0.2, 0.25) is 0 Å². The average molecular weight is 398 g/mol. The van der Waals surface area contributed by atoms with E-state index in [1.807, 2.05) is 22.9 Å². The minimum Gasteiger partial charge on any atom is -0.352 e. The maximum Gasteiger partial charge on any atom is 0.253 e. The smallest absolute Gasteiger partial charge is 0.253 e. The Kier molecular flexibility index (Phi) is 5.13. The van der Waals surface area contributed by atoms with Crippen LogP contribution in [0.1, 0.15) is 22.3 Å². The van der Waals surface area contributed by atoms with E-state index in [0.717, 1.165) is 24.0 Å². The predicted molar refractivity (Wildman–Crippen MR) is 107 cm³/mol. The summed E-state index contributed by atoms with van der Waals surface area (Å²) in [7, 11) is 0. The van der Waals surface area contributed by atoms with E-state index in [0.29, 0.717) is 34.2 Å². The second-order valence-corrected chi connectivity index (χ2v) is 7.17. The van der Waals surface area contributed by atoms with Crippen molar-refractivity contribution in [2.45, 2.75) is 12.8 Å². The number of aryl methyl sites for hydroxylation is 1. The van der Waals surface area contributed by atoms with Crippen LogP contribution in [0.25, 0.3) is 22.6 Å². The van der Waals surface area contributed by atoms with Crippen molar-refractivity contribution in [2.24, 2.45) is 0 Å². The number of hydrogen-bond acceptors (Lipinski definition) is 5. The van der Waals surface area contributed by atoms with Crippen molar-refractivity contribution in [1.29, 1.82) is 0 Å². The number of carbonyl (C=O) groups excluding carboxylic acids is 1.